The number of hydrogen-bond acceptors (Lipinski definition) is 3. The largest absolute Gasteiger partial charge is 0.497 e. The summed E-state index contributed by atoms with van der Waals surface area (Å²) in [5.41, 5.74) is 5.22. The maximum atomic E-state index is 5.22. The van der Waals surface area contributed by atoms with Gasteiger partial charge in [-0.15, -0.1) is 0 Å². The van der Waals surface area contributed by atoms with Crippen LogP contribution in [0, 0.1) is 35.5 Å². The minimum Gasteiger partial charge on any atom is -0.497 e. The zero-order valence-electron chi connectivity index (χ0n) is 20.4. The Labute approximate surface area is 212 Å². The highest BCUT2D eigenvalue weighted by molar-refractivity contribution is 5.55. The van der Waals surface area contributed by atoms with E-state index in [1.165, 1.54) is 0 Å². The maximum absolute atomic E-state index is 5.22. The van der Waals surface area contributed by atoms with Crippen molar-refractivity contribution in [2.45, 2.75) is 0 Å². The number of ether oxygens (including phenoxy) is 3. The fourth-order valence-electron chi connectivity index (χ4n) is 3.30. The number of rotatable bonds is 3. The summed E-state index contributed by atoms with van der Waals surface area (Å²) < 4.78 is 15.7. The highest BCUT2D eigenvalue weighted by Crippen LogP contribution is 2.14. The molecule has 0 amide bonds. The molecule has 36 heavy (non-hydrogen) atoms. The predicted molar refractivity (Wildman–Crippen MR) is 143 cm³/mol. The van der Waals surface area contributed by atoms with E-state index in [2.05, 4.69) is 35.5 Å². The molecule has 0 atom stereocenters. The van der Waals surface area contributed by atoms with Crippen molar-refractivity contribution in [2.24, 2.45) is 0 Å². The van der Waals surface area contributed by atoms with E-state index < -0.39 is 0 Å². The molecular formula is C33H24O3. The van der Waals surface area contributed by atoms with E-state index in [1.54, 1.807) is 21.3 Å². The predicted octanol–water partition coefficient (Wildman–Crippen LogP) is 5.91. The molecule has 0 radical (unpaired) electrons. The molecule has 3 nitrogen and oxygen atoms in total. The van der Waals surface area contributed by atoms with Crippen molar-refractivity contribution in [3.63, 3.8) is 0 Å². The average Bonchev–Trinajstić information content (AvgIpc) is 2.94. The van der Waals surface area contributed by atoms with Gasteiger partial charge in [-0.3, -0.25) is 0 Å². The van der Waals surface area contributed by atoms with Crippen LogP contribution in [0.5, 0.6) is 17.2 Å². The summed E-state index contributed by atoms with van der Waals surface area (Å²) in [7, 11) is 4.94. The van der Waals surface area contributed by atoms with Crippen LogP contribution in [0.15, 0.2) is 91.0 Å². The summed E-state index contributed by atoms with van der Waals surface area (Å²) in [6.07, 6.45) is 0. The molecule has 0 saturated heterocycles. The lowest BCUT2D eigenvalue weighted by atomic mass is 10.0. The lowest BCUT2D eigenvalue weighted by Gasteiger charge is -2.00. The Morgan fingerprint density at radius 2 is 0.556 bits per heavy atom. The van der Waals surface area contributed by atoms with Crippen molar-refractivity contribution < 1.29 is 14.2 Å². The van der Waals surface area contributed by atoms with Crippen LogP contribution in [0.1, 0.15) is 33.4 Å². The fraction of sp³-hybridized carbons (Fsp3) is 0.0909. The third-order valence-electron chi connectivity index (χ3n) is 5.26. The molecule has 0 saturated carbocycles. The van der Waals surface area contributed by atoms with Crippen LogP contribution in [0.2, 0.25) is 0 Å². The first kappa shape index (κ1) is 24.1. The van der Waals surface area contributed by atoms with E-state index in [-0.39, 0.29) is 0 Å². The Hall–Kier alpha value is -5.04. The minimum absolute atomic E-state index is 0.799. The first-order chi connectivity index (χ1) is 17.6. The van der Waals surface area contributed by atoms with Gasteiger partial charge in [0.05, 0.1) is 21.3 Å². The lowest BCUT2D eigenvalue weighted by Crippen LogP contribution is -1.86. The van der Waals surface area contributed by atoms with E-state index in [9.17, 15) is 0 Å². The molecule has 0 aromatic heterocycles. The third kappa shape index (κ3) is 6.74. The smallest absolute Gasteiger partial charge is 0.118 e. The average molecular weight is 469 g/mol. The summed E-state index contributed by atoms with van der Waals surface area (Å²) in [6.45, 7) is 0. The van der Waals surface area contributed by atoms with Gasteiger partial charge in [0.2, 0.25) is 0 Å². The topological polar surface area (TPSA) is 27.7 Å². The molecular weight excluding hydrogens is 444 g/mol. The highest BCUT2D eigenvalue weighted by atomic mass is 16.5. The monoisotopic (exact) mass is 468 g/mol. The second-order valence-electron chi connectivity index (χ2n) is 7.73. The molecule has 4 rings (SSSR count). The van der Waals surface area contributed by atoms with Crippen molar-refractivity contribution in [2.75, 3.05) is 21.3 Å². The van der Waals surface area contributed by atoms with E-state index >= 15 is 0 Å². The lowest BCUT2D eigenvalue weighted by molar-refractivity contribution is 0.414. The number of benzene rings is 4. The Balaban J connectivity index is 1.67. The molecule has 0 N–H and O–H groups in total. The second-order valence-corrected chi connectivity index (χ2v) is 7.73. The molecule has 4 aromatic carbocycles. The van der Waals surface area contributed by atoms with Crippen LogP contribution in [-0.4, -0.2) is 21.3 Å². The van der Waals surface area contributed by atoms with Crippen molar-refractivity contribution in [3.8, 4) is 52.8 Å². The molecule has 0 unspecified atom stereocenters. The van der Waals surface area contributed by atoms with Gasteiger partial charge in [-0.1, -0.05) is 35.5 Å². The van der Waals surface area contributed by atoms with Gasteiger partial charge in [-0.05, 0) is 91.0 Å². The third-order valence-corrected chi connectivity index (χ3v) is 5.26. The van der Waals surface area contributed by atoms with Gasteiger partial charge in [0.25, 0.3) is 0 Å². The van der Waals surface area contributed by atoms with Crippen molar-refractivity contribution in [1.82, 2.24) is 0 Å². The van der Waals surface area contributed by atoms with Gasteiger partial charge in [-0.25, -0.2) is 0 Å². The van der Waals surface area contributed by atoms with Crippen LogP contribution in [0.4, 0.5) is 0 Å². The van der Waals surface area contributed by atoms with Crippen LogP contribution >= 0.6 is 0 Å². The molecule has 0 bridgehead atoms. The Bertz CT molecular complexity index is 1310. The van der Waals surface area contributed by atoms with Gasteiger partial charge < -0.3 is 14.2 Å². The highest BCUT2D eigenvalue weighted by Gasteiger charge is 1.98. The first-order valence-electron chi connectivity index (χ1n) is 11.3. The van der Waals surface area contributed by atoms with Crippen LogP contribution in [0.25, 0.3) is 0 Å². The molecule has 0 aliphatic heterocycles. The Morgan fingerprint density at radius 1 is 0.333 bits per heavy atom. The molecule has 174 valence electrons. The summed E-state index contributed by atoms with van der Waals surface area (Å²) in [5.74, 6) is 21.8. The van der Waals surface area contributed by atoms with Crippen LogP contribution in [0.3, 0.4) is 0 Å². The summed E-state index contributed by atoms with van der Waals surface area (Å²) in [4.78, 5) is 0. The standard InChI is InChI=1S/C33H24O3/c1-34-31-16-10-25(11-17-31)4-7-28-22-29(8-5-26-12-18-32(35-2)19-13-26)24-30(23-28)9-6-27-14-20-33(36-3)21-15-27/h10-24H,1-3H3. The van der Waals surface area contributed by atoms with E-state index in [0.29, 0.717) is 0 Å². The normalized spacial score (nSPS) is 9.42. The van der Waals surface area contributed by atoms with E-state index in [0.717, 1.165) is 50.6 Å². The SMILES string of the molecule is COc1ccc(C#Cc2cc(C#Cc3ccc(OC)cc3)cc(C#Cc3ccc(OC)cc3)c2)cc1. The molecule has 0 aliphatic rings. The van der Waals surface area contributed by atoms with Crippen molar-refractivity contribution in [1.29, 1.82) is 0 Å². The van der Waals surface area contributed by atoms with Gasteiger partial charge in [0.15, 0.2) is 0 Å². The summed E-state index contributed by atoms with van der Waals surface area (Å²) in [6, 6.07) is 28.9. The van der Waals surface area contributed by atoms with E-state index in [1.807, 2.05) is 91.0 Å². The van der Waals surface area contributed by atoms with Gasteiger partial charge in [0.1, 0.15) is 17.2 Å². The minimum atomic E-state index is 0.799. The van der Waals surface area contributed by atoms with Crippen LogP contribution in [-0.2, 0) is 0 Å². The zero-order chi connectivity index (χ0) is 25.2. The first-order valence-corrected chi connectivity index (χ1v) is 11.3. The van der Waals surface area contributed by atoms with Crippen molar-refractivity contribution >= 4 is 0 Å². The summed E-state index contributed by atoms with van der Waals surface area (Å²) >= 11 is 0. The molecule has 0 heterocycles. The number of hydrogen-bond donors (Lipinski definition) is 0. The van der Waals surface area contributed by atoms with Gasteiger partial charge >= 0.3 is 0 Å². The Kier molecular flexibility index (Phi) is 7.96. The maximum Gasteiger partial charge on any atom is 0.118 e. The molecule has 0 aliphatic carbocycles. The van der Waals surface area contributed by atoms with E-state index in [4.69, 9.17) is 14.2 Å². The van der Waals surface area contributed by atoms with Gasteiger partial charge in [0, 0.05) is 33.4 Å². The molecule has 0 fully saturated rings. The second kappa shape index (κ2) is 11.9. The Morgan fingerprint density at radius 3 is 0.778 bits per heavy atom. The van der Waals surface area contributed by atoms with Gasteiger partial charge in [-0.2, -0.15) is 0 Å². The molecule has 0 spiro atoms. The van der Waals surface area contributed by atoms with Crippen molar-refractivity contribution in [3.05, 3.63) is 124 Å². The quantitative estimate of drug-likeness (QED) is 0.350. The summed E-state index contributed by atoms with van der Waals surface area (Å²) in [5, 5.41) is 0. The fourth-order valence-corrected chi connectivity index (χ4v) is 3.30. The molecule has 3 heteroatoms. The zero-order valence-corrected chi connectivity index (χ0v) is 20.4. The van der Waals surface area contributed by atoms with Crippen LogP contribution < -0.4 is 14.2 Å². The molecule has 4 aromatic rings. The number of methoxy groups -OCH3 is 3.